The van der Waals surface area contributed by atoms with Crippen LogP contribution in [-0.2, 0) is 0 Å². The van der Waals surface area contributed by atoms with Crippen molar-refractivity contribution in [3.63, 3.8) is 0 Å². The van der Waals surface area contributed by atoms with Crippen LogP contribution < -0.4 is 0 Å². The molecule has 0 fully saturated rings. The predicted octanol–water partition coefficient (Wildman–Crippen LogP) is 7.86. The summed E-state index contributed by atoms with van der Waals surface area (Å²) in [5.74, 6) is 0. The Morgan fingerprint density at radius 3 is 1.20 bits per heavy atom. The van der Waals surface area contributed by atoms with E-state index in [4.69, 9.17) is 0 Å². The lowest BCUT2D eigenvalue weighted by atomic mass is 10.0. The molecule has 0 atom stereocenters. The summed E-state index contributed by atoms with van der Waals surface area (Å²) in [4.78, 5) is 0. The van der Waals surface area contributed by atoms with Gasteiger partial charge in [0.05, 0.1) is 0 Å². The van der Waals surface area contributed by atoms with Crippen LogP contribution in [-0.4, -0.2) is 0 Å². The fraction of sp³-hybridized carbons (Fsp3) is 0.950. The predicted molar refractivity (Wildman–Crippen MR) is 94.1 cm³/mol. The van der Waals surface area contributed by atoms with Gasteiger partial charge in [0.15, 0.2) is 0 Å². The molecule has 0 bridgehead atoms. The molecule has 0 saturated carbocycles. The lowest BCUT2D eigenvalue weighted by Gasteiger charge is -2.03. The molecule has 0 heterocycles. The van der Waals surface area contributed by atoms with Gasteiger partial charge < -0.3 is 0 Å². The molecule has 0 aliphatic heterocycles. The fourth-order valence-corrected chi connectivity index (χ4v) is 2.80. The van der Waals surface area contributed by atoms with E-state index in [1.54, 1.807) is 0 Å². The smallest absolute Gasteiger partial charge is 0.0386 e. The maximum absolute atomic E-state index is 2.50. The molecule has 0 aliphatic carbocycles. The second-order valence-corrected chi connectivity index (χ2v) is 6.46. The van der Waals surface area contributed by atoms with E-state index in [0.717, 1.165) is 0 Å². The Bertz CT molecular complexity index is 132. The second-order valence-electron chi connectivity index (χ2n) is 6.46. The van der Waals surface area contributed by atoms with Crippen molar-refractivity contribution in [3.05, 3.63) is 6.42 Å². The Morgan fingerprint density at radius 2 is 0.750 bits per heavy atom. The van der Waals surface area contributed by atoms with Crippen LogP contribution in [0.5, 0.6) is 0 Å². The first kappa shape index (κ1) is 20.0. The van der Waals surface area contributed by atoms with Crippen molar-refractivity contribution >= 4 is 0 Å². The minimum absolute atomic E-state index is 1.34. The standard InChI is InChI=1S/C20H41/c1-3-5-7-9-11-13-15-17-19-20-18-16-14-12-10-8-6-4-2/h9H,3-8,10-20H2,1-2H3. The summed E-state index contributed by atoms with van der Waals surface area (Å²) in [6.07, 6.45) is 26.9. The quantitative estimate of drug-likeness (QED) is 0.238. The second kappa shape index (κ2) is 19.0. The van der Waals surface area contributed by atoms with Crippen molar-refractivity contribution in [1.29, 1.82) is 0 Å². The minimum atomic E-state index is 1.34. The zero-order chi connectivity index (χ0) is 14.7. The SMILES string of the molecule is CCCC[CH]CCCCCCCCCCCCCCC. The van der Waals surface area contributed by atoms with E-state index in [1.165, 1.54) is 109 Å². The molecule has 0 heteroatoms. The van der Waals surface area contributed by atoms with Crippen LogP contribution in [0.2, 0.25) is 0 Å². The maximum atomic E-state index is 2.50. The van der Waals surface area contributed by atoms with E-state index in [-0.39, 0.29) is 0 Å². The minimum Gasteiger partial charge on any atom is -0.0654 e. The monoisotopic (exact) mass is 281 g/mol. The summed E-state index contributed by atoms with van der Waals surface area (Å²) >= 11 is 0. The molecule has 1 radical (unpaired) electrons. The van der Waals surface area contributed by atoms with Crippen molar-refractivity contribution < 1.29 is 0 Å². The van der Waals surface area contributed by atoms with Crippen molar-refractivity contribution in [1.82, 2.24) is 0 Å². The van der Waals surface area contributed by atoms with E-state index >= 15 is 0 Å². The zero-order valence-electron chi connectivity index (χ0n) is 14.6. The van der Waals surface area contributed by atoms with Crippen LogP contribution in [0.3, 0.4) is 0 Å². The van der Waals surface area contributed by atoms with E-state index in [2.05, 4.69) is 20.3 Å². The molecule has 0 rings (SSSR count). The average Bonchev–Trinajstić information content (AvgIpc) is 2.47. The molecule has 0 amide bonds. The van der Waals surface area contributed by atoms with Gasteiger partial charge in [-0.15, -0.1) is 0 Å². The van der Waals surface area contributed by atoms with E-state index in [1.807, 2.05) is 0 Å². The fourth-order valence-electron chi connectivity index (χ4n) is 2.80. The molecular formula is C20H41. The van der Waals surface area contributed by atoms with E-state index in [0.29, 0.717) is 0 Å². The van der Waals surface area contributed by atoms with Gasteiger partial charge in [0.1, 0.15) is 0 Å². The third kappa shape index (κ3) is 18.0. The van der Waals surface area contributed by atoms with Crippen molar-refractivity contribution in [3.8, 4) is 0 Å². The molecule has 0 unspecified atom stereocenters. The Kier molecular flexibility index (Phi) is 19.0. The molecule has 0 aromatic rings. The average molecular weight is 282 g/mol. The van der Waals surface area contributed by atoms with Crippen LogP contribution >= 0.6 is 0 Å². The highest BCUT2D eigenvalue weighted by Gasteiger charge is 1.94. The van der Waals surface area contributed by atoms with Crippen LogP contribution in [0, 0.1) is 6.42 Å². The lowest BCUT2D eigenvalue weighted by molar-refractivity contribution is 0.538. The Balaban J connectivity index is 2.89. The first-order chi connectivity index (χ1) is 9.91. The molecule has 0 nitrogen and oxygen atoms in total. The summed E-state index contributed by atoms with van der Waals surface area (Å²) in [5.41, 5.74) is 0. The zero-order valence-corrected chi connectivity index (χ0v) is 14.6. The van der Waals surface area contributed by atoms with Gasteiger partial charge in [0, 0.05) is 0 Å². The van der Waals surface area contributed by atoms with Gasteiger partial charge in [0.2, 0.25) is 0 Å². The number of hydrogen-bond acceptors (Lipinski definition) is 0. The highest BCUT2D eigenvalue weighted by Crippen LogP contribution is 2.13. The van der Waals surface area contributed by atoms with Gasteiger partial charge >= 0.3 is 0 Å². The summed E-state index contributed by atoms with van der Waals surface area (Å²) < 4.78 is 0. The van der Waals surface area contributed by atoms with Crippen LogP contribution in [0.15, 0.2) is 0 Å². The van der Waals surface area contributed by atoms with Crippen molar-refractivity contribution in [2.24, 2.45) is 0 Å². The summed E-state index contributed by atoms with van der Waals surface area (Å²) in [7, 11) is 0. The number of rotatable bonds is 17. The summed E-state index contributed by atoms with van der Waals surface area (Å²) in [5, 5.41) is 0. The summed E-state index contributed by atoms with van der Waals surface area (Å²) in [6, 6.07) is 0. The van der Waals surface area contributed by atoms with Gasteiger partial charge in [-0.2, -0.15) is 0 Å². The van der Waals surface area contributed by atoms with Crippen LogP contribution in [0.25, 0.3) is 0 Å². The molecule has 0 aliphatic rings. The first-order valence-electron chi connectivity index (χ1n) is 9.73. The lowest BCUT2D eigenvalue weighted by Crippen LogP contribution is -1.84. The van der Waals surface area contributed by atoms with Gasteiger partial charge in [-0.25, -0.2) is 0 Å². The highest BCUT2D eigenvalue weighted by atomic mass is 14.0. The van der Waals surface area contributed by atoms with Crippen molar-refractivity contribution in [2.45, 2.75) is 123 Å². The molecule has 0 spiro atoms. The van der Waals surface area contributed by atoms with Crippen LogP contribution in [0.1, 0.15) is 123 Å². The van der Waals surface area contributed by atoms with Crippen molar-refractivity contribution in [2.75, 3.05) is 0 Å². The molecule has 121 valence electrons. The van der Waals surface area contributed by atoms with E-state index < -0.39 is 0 Å². The molecule has 0 N–H and O–H groups in total. The third-order valence-electron chi connectivity index (χ3n) is 4.27. The Morgan fingerprint density at radius 1 is 0.400 bits per heavy atom. The van der Waals surface area contributed by atoms with Gasteiger partial charge in [-0.05, 0) is 6.42 Å². The normalized spacial score (nSPS) is 11.1. The van der Waals surface area contributed by atoms with E-state index in [9.17, 15) is 0 Å². The third-order valence-corrected chi connectivity index (χ3v) is 4.27. The highest BCUT2D eigenvalue weighted by molar-refractivity contribution is 4.63. The van der Waals surface area contributed by atoms with Gasteiger partial charge in [0.25, 0.3) is 0 Å². The van der Waals surface area contributed by atoms with Gasteiger partial charge in [-0.1, -0.05) is 123 Å². The first-order valence-corrected chi connectivity index (χ1v) is 9.73. The van der Waals surface area contributed by atoms with Gasteiger partial charge in [-0.3, -0.25) is 0 Å². The molecule has 0 saturated heterocycles. The maximum Gasteiger partial charge on any atom is -0.0386 e. The molecule has 0 aromatic carbocycles. The molecular weight excluding hydrogens is 240 g/mol. The Labute approximate surface area is 130 Å². The largest absolute Gasteiger partial charge is 0.0654 e. The molecule has 0 aromatic heterocycles. The number of hydrogen-bond donors (Lipinski definition) is 0. The Hall–Kier alpha value is 0. The molecule has 20 heavy (non-hydrogen) atoms. The summed E-state index contributed by atoms with van der Waals surface area (Å²) in [6.45, 7) is 4.57. The van der Waals surface area contributed by atoms with Crippen LogP contribution in [0.4, 0.5) is 0 Å². The topological polar surface area (TPSA) is 0 Å². The number of unbranched alkanes of at least 4 members (excludes halogenated alkanes) is 17.